The van der Waals surface area contributed by atoms with Crippen LogP contribution in [0.15, 0.2) is 36.4 Å². The van der Waals surface area contributed by atoms with Gasteiger partial charge >= 0.3 is 5.97 Å². The molecule has 0 amide bonds. The second kappa shape index (κ2) is 4.93. The Kier molecular flexibility index (Phi) is 3.33. The van der Waals surface area contributed by atoms with Gasteiger partial charge in [0.05, 0.1) is 10.3 Å². The third-order valence-corrected chi connectivity index (χ3v) is 2.71. The van der Waals surface area contributed by atoms with E-state index in [1.165, 1.54) is 19.1 Å². The molecule has 2 rings (SSSR count). The largest absolute Gasteiger partial charge is 0.479 e. The summed E-state index contributed by atoms with van der Waals surface area (Å²) in [4.78, 5) is 21.2. The number of ether oxygens (including phenoxy) is 1. The van der Waals surface area contributed by atoms with Gasteiger partial charge in [0.1, 0.15) is 5.75 Å². The number of carbonyl (C=O) groups is 1. The van der Waals surface area contributed by atoms with E-state index < -0.39 is 17.0 Å². The number of rotatable bonds is 4. The van der Waals surface area contributed by atoms with E-state index in [1.807, 2.05) is 0 Å². The van der Waals surface area contributed by atoms with Crippen LogP contribution in [0.2, 0.25) is 0 Å². The van der Waals surface area contributed by atoms with E-state index in [0.29, 0.717) is 16.5 Å². The molecule has 2 aromatic rings. The molecule has 0 saturated heterocycles. The maximum absolute atomic E-state index is 10.9. The molecule has 0 spiro atoms. The van der Waals surface area contributed by atoms with Crippen LogP contribution in [-0.4, -0.2) is 22.1 Å². The lowest BCUT2D eigenvalue weighted by atomic mass is 10.1. The molecule has 19 heavy (non-hydrogen) atoms. The summed E-state index contributed by atoms with van der Waals surface area (Å²) in [6.45, 7) is 1.40. The standard InChI is InChI=1S/C13H11NO5/c1-8(13(15)16)19-12-7-6-11(14(17)18)9-4-2-3-5-10(9)12/h2-8H,1H3,(H,15,16)/t8-/m1/s1. The number of nitro groups is 1. The van der Waals surface area contributed by atoms with Crippen molar-refractivity contribution in [2.45, 2.75) is 13.0 Å². The van der Waals surface area contributed by atoms with Crippen LogP contribution in [0.1, 0.15) is 6.92 Å². The van der Waals surface area contributed by atoms with E-state index in [9.17, 15) is 14.9 Å². The zero-order chi connectivity index (χ0) is 14.0. The first-order chi connectivity index (χ1) is 9.00. The Balaban J connectivity index is 2.55. The Morgan fingerprint density at radius 1 is 1.26 bits per heavy atom. The average molecular weight is 261 g/mol. The van der Waals surface area contributed by atoms with Crippen molar-refractivity contribution in [1.82, 2.24) is 0 Å². The van der Waals surface area contributed by atoms with Crippen molar-refractivity contribution in [3.63, 3.8) is 0 Å². The van der Waals surface area contributed by atoms with E-state index in [4.69, 9.17) is 9.84 Å². The first kappa shape index (κ1) is 12.8. The molecule has 98 valence electrons. The van der Waals surface area contributed by atoms with Crippen molar-refractivity contribution in [3.8, 4) is 5.75 Å². The van der Waals surface area contributed by atoms with Gasteiger partial charge < -0.3 is 9.84 Å². The van der Waals surface area contributed by atoms with Gasteiger partial charge in [0, 0.05) is 11.5 Å². The quantitative estimate of drug-likeness (QED) is 0.674. The Bertz CT molecular complexity index is 653. The summed E-state index contributed by atoms with van der Waals surface area (Å²) in [7, 11) is 0. The Morgan fingerprint density at radius 3 is 2.47 bits per heavy atom. The van der Waals surface area contributed by atoms with Crippen molar-refractivity contribution >= 4 is 22.4 Å². The molecule has 0 aliphatic rings. The van der Waals surface area contributed by atoms with E-state index in [2.05, 4.69) is 0 Å². The number of hydrogen-bond donors (Lipinski definition) is 1. The second-order valence-corrected chi connectivity index (χ2v) is 3.98. The molecule has 6 nitrogen and oxygen atoms in total. The van der Waals surface area contributed by atoms with Crippen LogP contribution in [0.4, 0.5) is 5.69 Å². The smallest absolute Gasteiger partial charge is 0.344 e. The fraction of sp³-hybridized carbons (Fsp3) is 0.154. The highest BCUT2D eigenvalue weighted by atomic mass is 16.6. The first-order valence-electron chi connectivity index (χ1n) is 5.56. The predicted octanol–water partition coefficient (Wildman–Crippen LogP) is 2.60. The molecule has 6 heteroatoms. The van der Waals surface area contributed by atoms with Gasteiger partial charge in [-0.1, -0.05) is 18.2 Å². The lowest BCUT2D eigenvalue weighted by Crippen LogP contribution is -2.22. The number of non-ortho nitro benzene ring substituents is 1. The van der Waals surface area contributed by atoms with Crippen LogP contribution in [0.25, 0.3) is 10.8 Å². The number of fused-ring (bicyclic) bond motifs is 1. The fourth-order valence-corrected chi connectivity index (χ4v) is 1.76. The van der Waals surface area contributed by atoms with Gasteiger partial charge in [-0.05, 0) is 19.1 Å². The van der Waals surface area contributed by atoms with Gasteiger partial charge in [-0.3, -0.25) is 10.1 Å². The fourth-order valence-electron chi connectivity index (χ4n) is 1.76. The van der Waals surface area contributed by atoms with Crippen molar-refractivity contribution in [2.75, 3.05) is 0 Å². The number of carboxylic acid groups (broad SMARTS) is 1. The summed E-state index contributed by atoms with van der Waals surface area (Å²) in [6, 6.07) is 9.38. The maximum atomic E-state index is 10.9. The average Bonchev–Trinajstić information content (AvgIpc) is 2.38. The van der Waals surface area contributed by atoms with Crippen LogP contribution in [0, 0.1) is 10.1 Å². The second-order valence-electron chi connectivity index (χ2n) is 3.98. The molecule has 0 saturated carbocycles. The lowest BCUT2D eigenvalue weighted by molar-refractivity contribution is -0.383. The number of benzene rings is 2. The highest BCUT2D eigenvalue weighted by Gasteiger charge is 2.18. The number of hydrogen-bond acceptors (Lipinski definition) is 4. The zero-order valence-electron chi connectivity index (χ0n) is 10.1. The van der Waals surface area contributed by atoms with Crippen LogP contribution >= 0.6 is 0 Å². The molecule has 0 aliphatic carbocycles. The topological polar surface area (TPSA) is 89.7 Å². The summed E-state index contributed by atoms with van der Waals surface area (Å²) < 4.78 is 5.30. The summed E-state index contributed by atoms with van der Waals surface area (Å²) >= 11 is 0. The minimum absolute atomic E-state index is 0.0362. The summed E-state index contributed by atoms with van der Waals surface area (Å²) in [6.07, 6.45) is -1.02. The molecule has 0 aromatic heterocycles. The van der Waals surface area contributed by atoms with Gasteiger partial charge in [0.25, 0.3) is 5.69 Å². The highest BCUT2D eigenvalue weighted by Crippen LogP contribution is 2.33. The van der Waals surface area contributed by atoms with E-state index in [0.717, 1.165) is 0 Å². The highest BCUT2D eigenvalue weighted by molar-refractivity contribution is 5.95. The van der Waals surface area contributed by atoms with Crippen molar-refractivity contribution in [3.05, 3.63) is 46.5 Å². The zero-order valence-corrected chi connectivity index (χ0v) is 10.1. The summed E-state index contributed by atoms with van der Waals surface area (Å²) in [5.41, 5.74) is -0.0362. The van der Waals surface area contributed by atoms with E-state index in [-0.39, 0.29) is 5.69 Å². The normalized spacial score (nSPS) is 12.1. The Morgan fingerprint density at radius 2 is 1.89 bits per heavy atom. The Labute approximate surface area is 108 Å². The van der Waals surface area contributed by atoms with Crippen molar-refractivity contribution < 1.29 is 19.6 Å². The third-order valence-electron chi connectivity index (χ3n) is 2.71. The summed E-state index contributed by atoms with van der Waals surface area (Å²) in [5.74, 6) is -0.779. The lowest BCUT2D eigenvalue weighted by Gasteiger charge is -2.12. The van der Waals surface area contributed by atoms with Gasteiger partial charge in [0.15, 0.2) is 6.10 Å². The van der Waals surface area contributed by atoms with Gasteiger partial charge in [-0.25, -0.2) is 4.79 Å². The molecule has 1 N–H and O–H groups in total. The molecule has 0 unspecified atom stereocenters. The molecule has 0 fully saturated rings. The number of nitrogens with zero attached hydrogens (tertiary/aromatic N) is 1. The van der Waals surface area contributed by atoms with Crippen molar-refractivity contribution in [2.24, 2.45) is 0 Å². The van der Waals surface area contributed by atoms with Crippen LogP contribution in [0.3, 0.4) is 0 Å². The van der Waals surface area contributed by atoms with Gasteiger partial charge in [0.2, 0.25) is 0 Å². The number of aliphatic carboxylic acids is 1. The van der Waals surface area contributed by atoms with Crippen LogP contribution < -0.4 is 4.74 Å². The molecule has 1 atom stereocenters. The van der Waals surface area contributed by atoms with E-state index >= 15 is 0 Å². The van der Waals surface area contributed by atoms with Crippen LogP contribution in [-0.2, 0) is 4.79 Å². The first-order valence-corrected chi connectivity index (χ1v) is 5.56. The SMILES string of the molecule is C[C@@H](Oc1ccc([N+](=O)[O-])c2ccccc12)C(=O)O. The Hall–Kier alpha value is -2.63. The number of nitro benzene ring substituents is 1. The molecular formula is C13H11NO5. The van der Waals surface area contributed by atoms with Crippen LogP contribution in [0.5, 0.6) is 5.75 Å². The molecule has 0 heterocycles. The molecule has 0 bridgehead atoms. The number of carboxylic acids is 1. The third kappa shape index (κ3) is 2.47. The summed E-state index contributed by atoms with van der Waals surface area (Å²) in [5, 5.41) is 20.7. The molecular weight excluding hydrogens is 250 g/mol. The molecule has 0 aliphatic heterocycles. The van der Waals surface area contributed by atoms with Gasteiger partial charge in [-0.2, -0.15) is 0 Å². The predicted molar refractivity (Wildman–Crippen MR) is 68.3 cm³/mol. The monoisotopic (exact) mass is 261 g/mol. The maximum Gasteiger partial charge on any atom is 0.344 e. The van der Waals surface area contributed by atoms with E-state index in [1.54, 1.807) is 24.3 Å². The minimum atomic E-state index is -1.09. The minimum Gasteiger partial charge on any atom is -0.479 e. The molecule has 0 radical (unpaired) electrons. The van der Waals surface area contributed by atoms with Gasteiger partial charge in [-0.15, -0.1) is 0 Å². The molecule has 2 aromatic carbocycles. The van der Waals surface area contributed by atoms with Crippen molar-refractivity contribution in [1.29, 1.82) is 0 Å².